The summed E-state index contributed by atoms with van der Waals surface area (Å²) < 4.78 is 2.69. The van der Waals surface area contributed by atoms with Crippen molar-refractivity contribution in [2.45, 2.75) is 0 Å². The topological polar surface area (TPSA) is 56.2 Å². The molecular weight excluding hydrogens is 280 g/mol. The van der Waals surface area contributed by atoms with Crippen LogP contribution in [0.1, 0.15) is 0 Å². The lowest BCUT2D eigenvalue weighted by atomic mass is 10.1. The smallest absolute Gasteiger partial charge is 0.178 e. The van der Waals surface area contributed by atoms with Crippen molar-refractivity contribution in [2.75, 3.05) is 5.73 Å². The second kappa shape index (κ2) is 3.85. The predicted octanol–water partition coefficient (Wildman–Crippen LogP) is 2.74. The van der Waals surface area contributed by atoms with Gasteiger partial charge in [-0.2, -0.15) is 5.10 Å². The number of benzene rings is 1. The van der Waals surface area contributed by atoms with Gasteiger partial charge < -0.3 is 5.73 Å². The number of hydrogen-bond donors (Lipinski definition) is 1. The Balaban J connectivity index is 2.27. The minimum absolute atomic E-state index is 0.601. The molecule has 84 valence electrons. The first-order valence-corrected chi connectivity index (χ1v) is 5.90. The van der Waals surface area contributed by atoms with Crippen molar-refractivity contribution < 1.29 is 0 Å². The molecule has 2 N–H and O–H groups in total. The fourth-order valence-corrected chi connectivity index (χ4v) is 2.15. The van der Waals surface area contributed by atoms with Gasteiger partial charge in [0.2, 0.25) is 0 Å². The minimum atomic E-state index is 0.601. The van der Waals surface area contributed by atoms with Crippen LogP contribution in [0.2, 0.25) is 0 Å². The monoisotopic (exact) mass is 288 g/mol. The van der Waals surface area contributed by atoms with Crippen LogP contribution in [0, 0.1) is 0 Å². The molecule has 17 heavy (non-hydrogen) atoms. The zero-order chi connectivity index (χ0) is 11.8. The SMILES string of the molecule is Nc1c(-c2cccc(Br)c2)nn2cccnc12. The van der Waals surface area contributed by atoms with E-state index in [1.807, 2.05) is 36.5 Å². The fourth-order valence-electron chi connectivity index (χ4n) is 1.75. The summed E-state index contributed by atoms with van der Waals surface area (Å²) in [6, 6.07) is 9.70. The highest BCUT2D eigenvalue weighted by atomic mass is 79.9. The maximum atomic E-state index is 6.06. The summed E-state index contributed by atoms with van der Waals surface area (Å²) in [6.45, 7) is 0. The molecule has 0 fully saturated rings. The number of hydrogen-bond acceptors (Lipinski definition) is 3. The molecule has 3 rings (SSSR count). The molecule has 3 aromatic rings. The van der Waals surface area contributed by atoms with E-state index in [2.05, 4.69) is 26.0 Å². The summed E-state index contributed by atoms with van der Waals surface area (Å²) in [4.78, 5) is 4.21. The molecule has 0 amide bonds. The number of rotatable bonds is 1. The molecule has 0 saturated heterocycles. The van der Waals surface area contributed by atoms with Crippen molar-refractivity contribution in [3.63, 3.8) is 0 Å². The van der Waals surface area contributed by atoms with Crippen LogP contribution in [0.3, 0.4) is 0 Å². The van der Waals surface area contributed by atoms with Gasteiger partial charge in [-0.15, -0.1) is 0 Å². The van der Waals surface area contributed by atoms with Crippen LogP contribution >= 0.6 is 15.9 Å². The van der Waals surface area contributed by atoms with Gasteiger partial charge in [0.1, 0.15) is 11.4 Å². The maximum Gasteiger partial charge on any atom is 0.178 e. The number of halogens is 1. The number of nitrogens with two attached hydrogens (primary N) is 1. The Morgan fingerprint density at radius 2 is 2.12 bits per heavy atom. The van der Waals surface area contributed by atoms with E-state index in [1.54, 1.807) is 10.7 Å². The van der Waals surface area contributed by atoms with Crippen LogP contribution in [0.15, 0.2) is 47.2 Å². The van der Waals surface area contributed by atoms with Crippen molar-refractivity contribution in [3.05, 3.63) is 47.2 Å². The third-order valence-corrected chi connectivity index (χ3v) is 3.02. The fraction of sp³-hybridized carbons (Fsp3) is 0. The van der Waals surface area contributed by atoms with Gasteiger partial charge in [-0.25, -0.2) is 9.50 Å². The summed E-state index contributed by atoms with van der Waals surface area (Å²) in [7, 11) is 0. The lowest BCUT2D eigenvalue weighted by Gasteiger charge is -1.98. The van der Waals surface area contributed by atoms with Gasteiger partial charge >= 0.3 is 0 Å². The Morgan fingerprint density at radius 3 is 2.88 bits per heavy atom. The molecule has 1 aromatic carbocycles. The number of nitrogen functional groups attached to an aromatic ring is 1. The van der Waals surface area contributed by atoms with Crippen molar-refractivity contribution in [1.29, 1.82) is 0 Å². The molecule has 0 radical (unpaired) electrons. The third-order valence-electron chi connectivity index (χ3n) is 2.53. The Bertz CT molecular complexity index is 690. The number of aromatic nitrogens is 3. The summed E-state index contributed by atoms with van der Waals surface area (Å²) in [6.07, 6.45) is 3.54. The Morgan fingerprint density at radius 1 is 1.24 bits per heavy atom. The molecule has 2 heterocycles. The molecule has 2 aromatic heterocycles. The summed E-state index contributed by atoms with van der Waals surface area (Å²) in [5.41, 5.74) is 9.07. The quantitative estimate of drug-likeness (QED) is 0.749. The Hall–Kier alpha value is -1.88. The normalized spacial score (nSPS) is 10.9. The van der Waals surface area contributed by atoms with Crippen LogP contribution in [-0.4, -0.2) is 14.6 Å². The number of anilines is 1. The van der Waals surface area contributed by atoms with E-state index in [0.717, 1.165) is 15.7 Å². The average Bonchev–Trinajstić information content (AvgIpc) is 2.68. The second-order valence-electron chi connectivity index (χ2n) is 3.66. The van der Waals surface area contributed by atoms with Gasteiger partial charge in [-0.05, 0) is 18.2 Å². The van der Waals surface area contributed by atoms with E-state index in [0.29, 0.717) is 11.3 Å². The highest BCUT2D eigenvalue weighted by Gasteiger charge is 2.12. The summed E-state index contributed by atoms with van der Waals surface area (Å²) >= 11 is 3.44. The van der Waals surface area contributed by atoms with Gasteiger partial charge in [-0.1, -0.05) is 28.1 Å². The lowest BCUT2D eigenvalue weighted by Crippen LogP contribution is -1.89. The molecule has 0 atom stereocenters. The zero-order valence-corrected chi connectivity index (χ0v) is 10.4. The van der Waals surface area contributed by atoms with Crippen LogP contribution in [0.4, 0.5) is 5.69 Å². The van der Waals surface area contributed by atoms with E-state index in [9.17, 15) is 0 Å². The molecule has 4 nitrogen and oxygen atoms in total. The van der Waals surface area contributed by atoms with E-state index in [4.69, 9.17) is 5.73 Å². The van der Waals surface area contributed by atoms with Crippen molar-refractivity contribution >= 4 is 27.3 Å². The summed E-state index contributed by atoms with van der Waals surface area (Å²) in [5, 5.41) is 4.43. The number of fused-ring (bicyclic) bond motifs is 1. The first-order valence-electron chi connectivity index (χ1n) is 5.10. The standard InChI is InChI=1S/C12H9BrN4/c13-9-4-1-3-8(7-9)11-10(14)12-15-5-2-6-17(12)16-11/h1-7H,14H2. The van der Waals surface area contributed by atoms with Crippen molar-refractivity contribution in [3.8, 4) is 11.3 Å². The third kappa shape index (κ3) is 1.68. The highest BCUT2D eigenvalue weighted by molar-refractivity contribution is 9.10. The summed E-state index contributed by atoms with van der Waals surface area (Å²) in [5.74, 6) is 0. The number of nitrogens with zero attached hydrogens (tertiary/aromatic N) is 3. The van der Waals surface area contributed by atoms with Gasteiger partial charge in [0.25, 0.3) is 0 Å². The van der Waals surface area contributed by atoms with E-state index >= 15 is 0 Å². The van der Waals surface area contributed by atoms with Gasteiger partial charge in [0.15, 0.2) is 5.65 Å². The average molecular weight is 289 g/mol. The molecular formula is C12H9BrN4. The Labute approximate surface area is 106 Å². The molecule has 0 bridgehead atoms. The van der Waals surface area contributed by atoms with Crippen LogP contribution < -0.4 is 5.73 Å². The first-order chi connectivity index (χ1) is 8.25. The molecule has 5 heteroatoms. The van der Waals surface area contributed by atoms with E-state index in [1.165, 1.54) is 0 Å². The highest BCUT2D eigenvalue weighted by Crippen LogP contribution is 2.28. The molecule has 0 spiro atoms. The van der Waals surface area contributed by atoms with Gasteiger partial charge in [0.05, 0.1) is 0 Å². The van der Waals surface area contributed by atoms with Crippen molar-refractivity contribution in [2.24, 2.45) is 0 Å². The molecule has 0 saturated carbocycles. The first kappa shape index (κ1) is 10.3. The van der Waals surface area contributed by atoms with E-state index < -0.39 is 0 Å². The lowest BCUT2D eigenvalue weighted by molar-refractivity contribution is 0.943. The maximum absolute atomic E-state index is 6.06. The Kier molecular flexibility index (Phi) is 2.33. The van der Waals surface area contributed by atoms with E-state index in [-0.39, 0.29) is 0 Å². The van der Waals surface area contributed by atoms with Crippen molar-refractivity contribution in [1.82, 2.24) is 14.6 Å². The molecule has 0 unspecified atom stereocenters. The molecule has 0 aliphatic carbocycles. The van der Waals surface area contributed by atoms with Crippen LogP contribution in [-0.2, 0) is 0 Å². The minimum Gasteiger partial charge on any atom is -0.394 e. The largest absolute Gasteiger partial charge is 0.394 e. The van der Waals surface area contributed by atoms with Crippen LogP contribution in [0.5, 0.6) is 0 Å². The van der Waals surface area contributed by atoms with Crippen LogP contribution in [0.25, 0.3) is 16.9 Å². The molecule has 0 aliphatic heterocycles. The van der Waals surface area contributed by atoms with Gasteiger partial charge in [-0.3, -0.25) is 0 Å². The van der Waals surface area contributed by atoms with Gasteiger partial charge in [0, 0.05) is 22.4 Å². The second-order valence-corrected chi connectivity index (χ2v) is 4.58. The predicted molar refractivity (Wildman–Crippen MR) is 70.5 cm³/mol. The zero-order valence-electron chi connectivity index (χ0n) is 8.84. The molecule has 0 aliphatic rings.